The van der Waals surface area contributed by atoms with Crippen LogP contribution in [0, 0.1) is 0 Å². The predicted molar refractivity (Wildman–Crippen MR) is 89.5 cm³/mol. The summed E-state index contributed by atoms with van der Waals surface area (Å²) < 4.78 is 5.32. The van der Waals surface area contributed by atoms with E-state index in [-0.39, 0.29) is 10.9 Å². The molecule has 2 aromatic rings. The molecule has 3 rings (SSSR count). The molecule has 6 nitrogen and oxygen atoms in total. The Kier molecular flexibility index (Phi) is 4.95. The van der Waals surface area contributed by atoms with Crippen LogP contribution in [0.1, 0.15) is 10.4 Å². The van der Waals surface area contributed by atoms with Crippen molar-refractivity contribution in [3.63, 3.8) is 0 Å². The van der Waals surface area contributed by atoms with E-state index in [9.17, 15) is 4.79 Å². The van der Waals surface area contributed by atoms with Crippen molar-refractivity contribution in [3.8, 4) is 0 Å². The number of rotatable bonds is 3. The fraction of sp³-hybridized carbons (Fsp3) is 0.267. The van der Waals surface area contributed by atoms with Gasteiger partial charge in [0.15, 0.2) is 0 Å². The van der Waals surface area contributed by atoms with E-state index in [2.05, 4.69) is 20.2 Å². The average Bonchev–Trinajstić information content (AvgIpc) is 2.56. The first-order valence-electron chi connectivity index (χ1n) is 7.04. The summed E-state index contributed by atoms with van der Waals surface area (Å²) in [6, 6.07) is 6.44. The van der Waals surface area contributed by atoms with Gasteiger partial charge in [-0.2, -0.15) is 0 Å². The Balaban J connectivity index is 1.75. The van der Waals surface area contributed by atoms with E-state index in [4.69, 9.17) is 27.9 Å². The number of hydrogen-bond donors (Lipinski definition) is 1. The van der Waals surface area contributed by atoms with Crippen molar-refractivity contribution in [1.82, 2.24) is 9.97 Å². The molecule has 1 amide bonds. The van der Waals surface area contributed by atoms with E-state index >= 15 is 0 Å². The Morgan fingerprint density at radius 3 is 2.70 bits per heavy atom. The van der Waals surface area contributed by atoms with Gasteiger partial charge >= 0.3 is 0 Å². The molecular weight excluding hydrogens is 339 g/mol. The summed E-state index contributed by atoms with van der Waals surface area (Å²) in [6.07, 6.45) is 1.42. The summed E-state index contributed by atoms with van der Waals surface area (Å²) in [5.41, 5.74) is 0.336. The van der Waals surface area contributed by atoms with Crippen LogP contribution in [-0.4, -0.2) is 42.2 Å². The maximum Gasteiger partial charge on any atom is 0.258 e. The third-order valence-electron chi connectivity index (χ3n) is 3.41. The summed E-state index contributed by atoms with van der Waals surface area (Å²) in [5.74, 6) is 0.816. The van der Waals surface area contributed by atoms with Gasteiger partial charge in [0.1, 0.15) is 18.0 Å². The van der Waals surface area contributed by atoms with Crippen LogP contribution >= 0.6 is 23.2 Å². The van der Waals surface area contributed by atoms with Gasteiger partial charge in [0, 0.05) is 24.2 Å². The van der Waals surface area contributed by atoms with Crippen molar-refractivity contribution >= 4 is 40.7 Å². The molecule has 1 aromatic carbocycles. The van der Waals surface area contributed by atoms with Gasteiger partial charge in [0.05, 0.1) is 23.8 Å². The number of carbonyl (C=O) groups is 1. The molecule has 1 aliphatic rings. The number of halogens is 2. The first-order chi connectivity index (χ1) is 11.1. The van der Waals surface area contributed by atoms with Crippen molar-refractivity contribution < 1.29 is 9.53 Å². The molecule has 0 atom stereocenters. The van der Waals surface area contributed by atoms with Gasteiger partial charge in [-0.25, -0.2) is 9.97 Å². The van der Waals surface area contributed by atoms with Crippen molar-refractivity contribution in [1.29, 1.82) is 0 Å². The fourth-order valence-corrected chi connectivity index (χ4v) is 2.73. The molecule has 0 bridgehead atoms. The Morgan fingerprint density at radius 2 is 1.96 bits per heavy atom. The van der Waals surface area contributed by atoms with E-state index in [0.29, 0.717) is 29.6 Å². The highest BCUT2D eigenvalue weighted by Crippen LogP contribution is 2.22. The molecule has 1 aromatic heterocycles. The van der Waals surface area contributed by atoms with Gasteiger partial charge in [-0.15, -0.1) is 0 Å². The highest BCUT2D eigenvalue weighted by molar-refractivity contribution is 6.37. The summed E-state index contributed by atoms with van der Waals surface area (Å²) in [6.45, 7) is 2.83. The molecule has 1 saturated heterocycles. The lowest BCUT2D eigenvalue weighted by Gasteiger charge is -2.27. The number of aromatic nitrogens is 2. The molecular formula is C15H14Cl2N4O2. The van der Waals surface area contributed by atoms with Crippen molar-refractivity contribution in [2.45, 2.75) is 0 Å². The Labute approximate surface area is 143 Å². The van der Waals surface area contributed by atoms with Gasteiger partial charge in [0.2, 0.25) is 0 Å². The zero-order valence-corrected chi connectivity index (χ0v) is 13.6. The molecule has 1 N–H and O–H groups in total. The summed E-state index contributed by atoms with van der Waals surface area (Å²) >= 11 is 11.9. The van der Waals surface area contributed by atoms with Gasteiger partial charge in [-0.1, -0.05) is 23.2 Å². The quantitative estimate of drug-likeness (QED) is 0.919. The second kappa shape index (κ2) is 7.12. The number of nitrogens with zero attached hydrogens (tertiary/aromatic N) is 3. The number of benzene rings is 1. The first kappa shape index (κ1) is 16.0. The molecule has 1 fully saturated rings. The molecule has 1 aliphatic heterocycles. The van der Waals surface area contributed by atoms with Gasteiger partial charge in [-0.05, 0) is 18.2 Å². The lowest BCUT2D eigenvalue weighted by atomic mass is 10.2. The predicted octanol–water partition coefficient (Wildman–Crippen LogP) is 2.87. The van der Waals surface area contributed by atoms with Crippen LogP contribution in [0.3, 0.4) is 0 Å². The van der Waals surface area contributed by atoms with Crippen molar-refractivity contribution in [2.75, 3.05) is 36.5 Å². The number of anilines is 2. The van der Waals surface area contributed by atoms with Gasteiger partial charge in [0.25, 0.3) is 5.91 Å². The minimum atomic E-state index is -0.349. The minimum Gasteiger partial charge on any atom is -0.378 e. The standard InChI is InChI=1S/C15H14Cl2N4O2/c16-10-1-2-11(12(17)7-10)15(22)20-13-8-14(19-9-18-13)21-3-5-23-6-4-21/h1-2,7-9H,3-6H2,(H,18,19,20,22). The topological polar surface area (TPSA) is 67.4 Å². The smallest absolute Gasteiger partial charge is 0.258 e. The third-order valence-corrected chi connectivity index (χ3v) is 3.95. The second-order valence-electron chi connectivity index (χ2n) is 4.94. The van der Waals surface area contributed by atoms with Crippen molar-refractivity contribution in [3.05, 3.63) is 46.2 Å². The highest BCUT2D eigenvalue weighted by atomic mass is 35.5. The van der Waals surface area contributed by atoms with Gasteiger partial charge in [-0.3, -0.25) is 4.79 Å². The summed E-state index contributed by atoms with van der Waals surface area (Å²) in [7, 11) is 0. The average molecular weight is 353 g/mol. The fourth-order valence-electron chi connectivity index (χ4n) is 2.24. The number of hydrogen-bond acceptors (Lipinski definition) is 5. The minimum absolute atomic E-state index is 0.289. The second-order valence-corrected chi connectivity index (χ2v) is 5.78. The van der Waals surface area contributed by atoms with E-state index < -0.39 is 0 Å². The highest BCUT2D eigenvalue weighted by Gasteiger charge is 2.15. The van der Waals surface area contributed by atoms with Crippen LogP contribution in [0.15, 0.2) is 30.6 Å². The third kappa shape index (κ3) is 3.90. The van der Waals surface area contributed by atoms with Crippen LogP contribution < -0.4 is 10.2 Å². The molecule has 0 unspecified atom stereocenters. The molecule has 8 heteroatoms. The lowest BCUT2D eigenvalue weighted by Crippen LogP contribution is -2.36. The Bertz CT molecular complexity index is 720. The maximum absolute atomic E-state index is 12.3. The van der Waals surface area contributed by atoms with Crippen LogP contribution in [0.5, 0.6) is 0 Å². The summed E-state index contributed by atoms with van der Waals surface area (Å²) in [5, 5.41) is 3.49. The van der Waals surface area contributed by atoms with Gasteiger partial charge < -0.3 is 15.0 Å². The molecule has 0 saturated carbocycles. The number of amides is 1. The normalized spacial score (nSPS) is 14.6. The molecule has 0 aliphatic carbocycles. The van der Waals surface area contributed by atoms with E-state index in [1.54, 1.807) is 18.2 Å². The molecule has 120 valence electrons. The SMILES string of the molecule is O=C(Nc1cc(N2CCOCC2)ncn1)c1ccc(Cl)cc1Cl. The van der Waals surface area contributed by atoms with E-state index in [1.165, 1.54) is 12.4 Å². The largest absolute Gasteiger partial charge is 0.378 e. The van der Waals surface area contributed by atoms with E-state index in [0.717, 1.165) is 18.9 Å². The molecule has 0 spiro atoms. The number of ether oxygens (including phenoxy) is 1. The zero-order chi connectivity index (χ0) is 16.2. The van der Waals surface area contributed by atoms with Crippen LogP contribution in [0.2, 0.25) is 10.0 Å². The van der Waals surface area contributed by atoms with Crippen LogP contribution in [0.25, 0.3) is 0 Å². The van der Waals surface area contributed by atoms with Crippen LogP contribution in [-0.2, 0) is 4.74 Å². The van der Waals surface area contributed by atoms with Crippen LogP contribution in [0.4, 0.5) is 11.6 Å². The first-order valence-corrected chi connectivity index (χ1v) is 7.80. The molecule has 0 radical (unpaired) electrons. The Morgan fingerprint density at radius 1 is 1.17 bits per heavy atom. The lowest BCUT2D eigenvalue weighted by molar-refractivity contribution is 0.102. The van der Waals surface area contributed by atoms with Crippen molar-refractivity contribution in [2.24, 2.45) is 0 Å². The summed E-state index contributed by atoms with van der Waals surface area (Å²) in [4.78, 5) is 22.7. The number of morpholine rings is 1. The maximum atomic E-state index is 12.3. The monoisotopic (exact) mass is 352 g/mol. The molecule has 23 heavy (non-hydrogen) atoms. The number of carbonyl (C=O) groups excluding carboxylic acids is 1. The zero-order valence-electron chi connectivity index (χ0n) is 12.1. The number of nitrogens with one attached hydrogen (secondary N) is 1. The Hall–Kier alpha value is -1.89. The molecule has 2 heterocycles. The van der Waals surface area contributed by atoms with E-state index in [1.807, 2.05) is 0 Å².